The van der Waals surface area contributed by atoms with Crippen LogP contribution in [0.5, 0.6) is 0 Å². The highest BCUT2D eigenvalue weighted by atomic mass is 32.2. The highest BCUT2D eigenvalue weighted by Crippen LogP contribution is 2.38. The SMILES string of the molecule is O=C(O)C(c1ccccc1)N1C(=O)C(=Cc2ccnc3ccccc23)SC1=S. The molecule has 2 aromatic carbocycles. The summed E-state index contributed by atoms with van der Waals surface area (Å²) in [6.07, 6.45) is 3.42. The van der Waals surface area contributed by atoms with E-state index in [2.05, 4.69) is 4.98 Å². The van der Waals surface area contributed by atoms with Crippen molar-refractivity contribution in [2.75, 3.05) is 0 Å². The molecule has 1 N–H and O–H groups in total. The molecule has 28 heavy (non-hydrogen) atoms. The number of aliphatic carboxylic acids is 1. The molecule has 0 radical (unpaired) electrons. The van der Waals surface area contributed by atoms with Gasteiger partial charge in [0, 0.05) is 11.6 Å². The molecule has 2 heterocycles. The van der Waals surface area contributed by atoms with Gasteiger partial charge in [0.1, 0.15) is 4.32 Å². The summed E-state index contributed by atoms with van der Waals surface area (Å²) in [6, 6.07) is 16.9. The number of aromatic nitrogens is 1. The Morgan fingerprint density at radius 3 is 2.57 bits per heavy atom. The monoisotopic (exact) mass is 406 g/mol. The fourth-order valence-corrected chi connectivity index (χ4v) is 4.43. The molecule has 0 aliphatic carbocycles. The number of fused-ring (bicyclic) bond motifs is 1. The van der Waals surface area contributed by atoms with Gasteiger partial charge in [0.2, 0.25) is 0 Å². The van der Waals surface area contributed by atoms with Gasteiger partial charge in [-0.1, -0.05) is 72.5 Å². The van der Waals surface area contributed by atoms with Crippen LogP contribution in [-0.4, -0.2) is 31.2 Å². The van der Waals surface area contributed by atoms with Crippen molar-refractivity contribution in [3.63, 3.8) is 0 Å². The zero-order valence-electron chi connectivity index (χ0n) is 14.5. The Morgan fingerprint density at radius 1 is 1.11 bits per heavy atom. The van der Waals surface area contributed by atoms with E-state index in [1.807, 2.05) is 30.3 Å². The normalized spacial score (nSPS) is 16.7. The molecule has 1 unspecified atom stereocenters. The van der Waals surface area contributed by atoms with Crippen LogP contribution in [0.3, 0.4) is 0 Å². The van der Waals surface area contributed by atoms with Gasteiger partial charge < -0.3 is 5.11 Å². The van der Waals surface area contributed by atoms with Gasteiger partial charge in [0.25, 0.3) is 5.91 Å². The topological polar surface area (TPSA) is 70.5 Å². The van der Waals surface area contributed by atoms with Gasteiger partial charge in [0.05, 0.1) is 10.4 Å². The van der Waals surface area contributed by atoms with E-state index in [1.165, 1.54) is 4.90 Å². The molecular weight excluding hydrogens is 392 g/mol. The Morgan fingerprint density at radius 2 is 1.82 bits per heavy atom. The van der Waals surface area contributed by atoms with Crippen molar-refractivity contribution < 1.29 is 14.7 Å². The second-order valence-corrected chi connectivity index (χ2v) is 7.80. The molecule has 1 amide bonds. The summed E-state index contributed by atoms with van der Waals surface area (Å²) in [5, 5.41) is 10.7. The van der Waals surface area contributed by atoms with Crippen LogP contribution in [0.1, 0.15) is 17.2 Å². The number of benzene rings is 2. The standard InChI is InChI=1S/C21H14N2O3S2/c24-19-17(12-14-10-11-22-16-9-5-4-8-15(14)16)28-21(27)23(19)18(20(25)26)13-6-2-1-3-7-13/h1-12,18H,(H,25,26). The van der Waals surface area contributed by atoms with E-state index in [0.29, 0.717) is 10.5 Å². The van der Waals surface area contributed by atoms with E-state index in [0.717, 1.165) is 28.2 Å². The second kappa shape index (κ2) is 7.53. The highest BCUT2D eigenvalue weighted by molar-refractivity contribution is 8.26. The van der Waals surface area contributed by atoms with Gasteiger partial charge in [-0.05, 0) is 29.3 Å². The molecule has 1 aromatic heterocycles. The number of hydrogen-bond donors (Lipinski definition) is 1. The van der Waals surface area contributed by atoms with E-state index >= 15 is 0 Å². The van der Waals surface area contributed by atoms with Crippen LogP contribution in [0.25, 0.3) is 17.0 Å². The summed E-state index contributed by atoms with van der Waals surface area (Å²) in [5.41, 5.74) is 2.15. The molecule has 1 saturated heterocycles. The molecule has 0 bridgehead atoms. The molecule has 1 fully saturated rings. The minimum Gasteiger partial charge on any atom is -0.479 e. The van der Waals surface area contributed by atoms with E-state index in [9.17, 15) is 14.7 Å². The predicted octanol–water partition coefficient (Wildman–Crippen LogP) is 4.26. The molecule has 138 valence electrons. The number of para-hydroxylation sites is 1. The first-order chi connectivity index (χ1) is 13.6. The van der Waals surface area contributed by atoms with Gasteiger partial charge in [-0.3, -0.25) is 14.7 Å². The van der Waals surface area contributed by atoms with E-state index in [1.54, 1.807) is 42.6 Å². The number of carboxylic acid groups (broad SMARTS) is 1. The number of carbonyl (C=O) groups excluding carboxylic acids is 1. The van der Waals surface area contributed by atoms with Gasteiger partial charge in [-0.2, -0.15) is 0 Å². The maximum atomic E-state index is 13.0. The van der Waals surface area contributed by atoms with Crippen LogP contribution in [0.4, 0.5) is 0 Å². The van der Waals surface area contributed by atoms with Crippen molar-refractivity contribution in [1.82, 2.24) is 9.88 Å². The van der Waals surface area contributed by atoms with Crippen molar-refractivity contribution in [1.29, 1.82) is 0 Å². The fourth-order valence-electron chi connectivity index (χ4n) is 3.12. The zero-order valence-corrected chi connectivity index (χ0v) is 16.1. The molecule has 1 aliphatic heterocycles. The second-order valence-electron chi connectivity index (χ2n) is 6.12. The van der Waals surface area contributed by atoms with Crippen molar-refractivity contribution >= 4 is 57.2 Å². The Bertz CT molecular complexity index is 1120. The lowest BCUT2D eigenvalue weighted by Crippen LogP contribution is -2.37. The maximum absolute atomic E-state index is 13.0. The first kappa shape index (κ1) is 18.3. The number of hydrogen-bond acceptors (Lipinski definition) is 5. The van der Waals surface area contributed by atoms with E-state index < -0.39 is 17.9 Å². The van der Waals surface area contributed by atoms with E-state index in [-0.39, 0.29) is 4.32 Å². The molecule has 3 aromatic rings. The summed E-state index contributed by atoms with van der Waals surface area (Å²) >= 11 is 6.46. The molecule has 0 saturated carbocycles. The zero-order chi connectivity index (χ0) is 19.7. The minimum absolute atomic E-state index is 0.228. The smallest absolute Gasteiger partial charge is 0.331 e. The van der Waals surface area contributed by atoms with Gasteiger partial charge in [-0.25, -0.2) is 4.79 Å². The van der Waals surface area contributed by atoms with Gasteiger partial charge >= 0.3 is 5.97 Å². The average Bonchev–Trinajstić information content (AvgIpc) is 2.97. The molecule has 5 nitrogen and oxygen atoms in total. The summed E-state index contributed by atoms with van der Waals surface area (Å²) in [4.78, 5) is 30.9. The highest BCUT2D eigenvalue weighted by Gasteiger charge is 2.41. The van der Waals surface area contributed by atoms with Crippen molar-refractivity contribution in [3.05, 3.63) is 82.9 Å². The van der Waals surface area contributed by atoms with E-state index in [4.69, 9.17) is 12.2 Å². The van der Waals surface area contributed by atoms with Crippen LogP contribution in [0, 0.1) is 0 Å². The Hall–Kier alpha value is -3.03. The third-order valence-corrected chi connectivity index (χ3v) is 5.73. The first-order valence-electron chi connectivity index (χ1n) is 8.45. The minimum atomic E-state index is -1.16. The number of nitrogens with zero attached hydrogens (tertiary/aromatic N) is 2. The Labute approximate surface area is 170 Å². The van der Waals surface area contributed by atoms with Crippen LogP contribution in [-0.2, 0) is 9.59 Å². The summed E-state index contributed by atoms with van der Waals surface area (Å²) in [7, 11) is 0. The molecule has 1 aliphatic rings. The lowest BCUT2D eigenvalue weighted by atomic mass is 10.1. The molecule has 4 rings (SSSR count). The summed E-state index contributed by atoms with van der Waals surface area (Å²) < 4.78 is 0.228. The van der Waals surface area contributed by atoms with Crippen LogP contribution in [0.2, 0.25) is 0 Å². The lowest BCUT2D eigenvalue weighted by Gasteiger charge is -2.23. The summed E-state index contributed by atoms with van der Waals surface area (Å²) in [5.74, 6) is -1.54. The number of carbonyl (C=O) groups is 2. The van der Waals surface area contributed by atoms with Crippen molar-refractivity contribution in [2.24, 2.45) is 0 Å². The number of thiocarbonyl (C=S) groups is 1. The number of amides is 1. The molecule has 1 atom stereocenters. The van der Waals surface area contributed by atoms with Crippen molar-refractivity contribution in [3.8, 4) is 0 Å². The molecule has 0 spiro atoms. The third-order valence-electron chi connectivity index (χ3n) is 4.40. The number of rotatable bonds is 4. The van der Waals surface area contributed by atoms with Gasteiger partial charge in [-0.15, -0.1) is 0 Å². The van der Waals surface area contributed by atoms with Crippen LogP contribution in [0.15, 0.2) is 71.8 Å². The number of pyridine rings is 1. The molecule has 7 heteroatoms. The number of thioether (sulfide) groups is 1. The predicted molar refractivity (Wildman–Crippen MR) is 114 cm³/mol. The molecular formula is C21H14N2O3S2. The van der Waals surface area contributed by atoms with Crippen LogP contribution < -0.4 is 0 Å². The Balaban J connectivity index is 1.74. The third kappa shape index (κ3) is 3.30. The fraction of sp³-hybridized carbons (Fsp3) is 0.0476. The Kier molecular flexibility index (Phi) is 4.93. The number of carboxylic acids is 1. The first-order valence-corrected chi connectivity index (χ1v) is 9.67. The largest absolute Gasteiger partial charge is 0.479 e. The maximum Gasteiger partial charge on any atom is 0.331 e. The van der Waals surface area contributed by atoms with Crippen molar-refractivity contribution in [2.45, 2.75) is 6.04 Å². The average molecular weight is 406 g/mol. The van der Waals surface area contributed by atoms with Gasteiger partial charge in [0.15, 0.2) is 6.04 Å². The lowest BCUT2D eigenvalue weighted by molar-refractivity contribution is -0.145. The quantitative estimate of drug-likeness (QED) is 0.516. The van der Waals surface area contributed by atoms with Crippen LogP contribution >= 0.6 is 24.0 Å². The summed E-state index contributed by atoms with van der Waals surface area (Å²) in [6.45, 7) is 0.